The Balaban J connectivity index is 2.18. The molecular formula is C17H19N3O3. The van der Waals surface area contributed by atoms with Gasteiger partial charge in [-0.05, 0) is 25.5 Å². The summed E-state index contributed by atoms with van der Waals surface area (Å²) in [5, 5.41) is 11.1. The molecule has 0 saturated carbocycles. The van der Waals surface area contributed by atoms with Crippen LogP contribution in [-0.2, 0) is 17.8 Å². The first kappa shape index (κ1) is 16.6. The molecule has 1 aromatic carbocycles. The Morgan fingerprint density at radius 2 is 2.00 bits per heavy atom. The van der Waals surface area contributed by atoms with E-state index in [0.29, 0.717) is 12.1 Å². The largest absolute Gasteiger partial charge is 0.336 e. The highest BCUT2D eigenvalue weighted by molar-refractivity contribution is 5.80. The molecular weight excluding hydrogens is 294 g/mol. The van der Waals surface area contributed by atoms with Crippen molar-refractivity contribution in [3.63, 3.8) is 0 Å². The van der Waals surface area contributed by atoms with Crippen molar-refractivity contribution in [3.8, 4) is 0 Å². The highest BCUT2D eigenvalue weighted by Gasteiger charge is 2.21. The van der Waals surface area contributed by atoms with E-state index in [4.69, 9.17) is 0 Å². The van der Waals surface area contributed by atoms with Gasteiger partial charge in [-0.1, -0.05) is 24.3 Å². The van der Waals surface area contributed by atoms with E-state index < -0.39 is 4.92 Å². The molecule has 0 atom stereocenters. The lowest BCUT2D eigenvalue weighted by Crippen LogP contribution is -2.37. The monoisotopic (exact) mass is 313 g/mol. The number of nitrogens with zero attached hydrogens (tertiary/aromatic N) is 3. The lowest BCUT2D eigenvalue weighted by atomic mass is 10.1. The molecule has 0 bridgehead atoms. The second-order valence-electron chi connectivity index (χ2n) is 5.54. The molecule has 2 rings (SSSR count). The normalized spacial score (nSPS) is 10.6. The van der Waals surface area contributed by atoms with E-state index >= 15 is 0 Å². The maximum Gasteiger partial charge on any atom is 0.273 e. The van der Waals surface area contributed by atoms with Crippen LogP contribution in [0.2, 0.25) is 0 Å². The minimum absolute atomic E-state index is 0.00882. The van der Waals surface area contributed by atoms with Gasteiger partial charge in [0, 0.05) is 36.6 Å². The van der Waals surface area contributed by atoms with Crippen LogP contribution in [0.5, 0.6) is 0 Å². The first-order valence-electron chi connectivity index (χ1n) is 7.39. The summed E-state index contributed by atoms with van der Waals surface area (Å²) in [6, 6.07) is 10.1. The molecule has 6 heteroatoms. The summed E-state index contributed by atoms with van der Waals surface area (Å²) in [5.41, 5.74) is 1.34. The first-order valence-corrected chi connectivity index (χ1v) is 7.39. The molecule has 0 N–H and O–H groups in total. The number of amides is 1. The zero-order valence-electron chi connectivity index (χ0n) is 13.2. The smallest absolute Gasteiger partial charge is 0.273 e. The van der Waals surface area contributed by atoms with E-state index in [1.165, 1.54) is 6.07 Å². The summed E-state index contributed by atoms with van der Waals surface area (Å²) >= 11 is 0. The summed E-state index contributed by atoms with van der Waals surface area (Å²) in [7, 11) is 0. The molecule has 0 saturated heterocycles. The fraction of sp³-hybridized carbons (Fsp3) is 0.294. The van der Waals surface area contributed by atoms with Gasteiger partial charge in [0.05, 0.1) is 11.3 Å². The van der Waals surface area contributed by atoms with E-state index in [2.05, 4.69) is 4.98 Å². The number of hydrogen-bond acceptors (Lipinski definition) is 4. The third-order valence-electron chi connectivity index (χ3n) is 3.55. The number of benzene rings is 1. The Morgan fingerprint density at radius 3 is 2.61 bits per heavy atom. The van der Waals surface area contributed by atoms with E-state index in [-0.39, 0.29) is 24.1 Å². The van der Waals surface area contributed by atoms with Crippen LogP contribution in [0.25, 0.3) is 0 Å². The molecule has 0 spiro atoms. The molecule has 0 aliphatic rings. The van der Waals surface area contributed by atoms with Crippen molar-refractivity contribution in [2.75, 3.05) is 0 Å². The van der Waals surface area contributed by atoms with Gasteiger partial charge in [0.2, 0.25) is 5.91 Å². The van der Waals surface area contributed by atoms with Crippen LogP contribution in [0.4, 0.5) is 5.69 Å². The Labute approximate surface area is 134 Å². The van der Waals surface area contributed by atoms with Crippen LogP contribution in [0.3, 0.4) is 0 Å². The summed E-state index contributed by atoms with van der Waals surface area (Å²) in [6.07, 6.45) is 3.40. The van der Waals surface area contributed by atoms with Crippen molar-refractivity contribution in [1.29, 1.82) is 0 Å². The Kier molecular flexibility index (Phi) is 5.41. The summed E-state index contributed by atoms with van der Waals surface area (Å²) in [5.74, 6) is -0.141. The molecule has 23 heavy (non-hydrogen) atoms. The van der Waals surface area contributed by atoms with Crippen molar-refractivity contribution < 1.29 is 9.72 Å². The minimum atomic E-state index is -0.455. The number of nitro groups is 1. The van der Waals surface area contributed by atoms with Gasteiger partial charge in [0.15, 0.2) is 0 Å². The number of rotatable bonds is 6. The van der Waals surface area contributed by atoms with Crippen molar-refractivity contribution in [2.24, 2.45) is 0 Å². The van der Waals surface area contributed by atoms with Crippen molar-refractivity contribution in [2.45, 2.75) is 32.9 Å². The molecule has 120 valence electrons. The van der Waals surface area contributed by atoms with Gasteiger partial charge >= 0.3 is 0 Å². The average molecular weight is 313 g/mol. The SMILES string of the molecule is CC(C)N(Cc1cccnc1)C(=O)Cc1ccccc1[N+](=O)[O-]. The number of carbonyl (C=O) groups excluding carboxylic acids is 1. The number of nitro benzene ring substituents is 1. The molecule has 6 nitrogen and oxygen atoms in total. The number of aromatic nitrogens is 1. The van der Waals surface area contributed by atoms with Gasteiger partial charge in [-0.2, -0.15) is 0 Å². The minimum Gasteiger partial charge on any atom is -0.336 e. The fourth-order valence-corrected chi connectivity index (χ4v) is 2.35. The van der Waals surface area contributed by atoms with Crippen molar-refractivity contribution >= 4 is 11.6 Å². The number of hydrogen-bond donors (Lipinski definition) is 0. The molecule has 0 fully saturated rings. The predicted molar refractivity (Wildman–Crippen MR) is 86.7 cm³/mol. The van der Waals surface area contributed by atoms with Crippen molar-refractivity contribution in [1.82, 2.24) is 9.88 Å². The number of pyridine rings is 1. The summed E-state index contributed by atoms with van der Waals surface area (Å²) < 4.78 is 0. The predicted octanol–water partition coefficient (Wildman–Crippen LogP) is 2.97. The first-order chi connectivity index (χ1) is 11.0. The molecule has 1 amide bonds. The van der Waals surface area contributed by atoms with Gasteiger partial charge in [0.25, 0.3) is 5.69 Å². The quantitative estimate of drug-likeness (QED) is 0.607. The standard InChI is InChI=1S/C17H19N3O3/c1-13(2)19(12-14-6-5-9-18-11-14)17(21)10-15-7-3-4-8-16(15)20(22)23/h3-9,11,13H,10,12H2,1-2H3. The molecule has 0 aliphatic carbocycles. The molecule has 1 aromatic heterocycles. The van der Waals surface area contributed by atoms with Crippen LogP contribution in [-0.4, -0.2) is 26.8 Å². The maximum absolute atomic E-state index is 12.6. The Hall–Kier alpha value is -2.76. The van der Waals surface area contributed by atoms with Crippen LogP contribution in [0.1, 0.15) is 25.0 Å². The lowest BCUT2D eigenvalue weighted by molar-refractivity contribution is -0.385. The third kappa shape index (κ3) is 4.35. The molecule has 0 aliphatic heterocycles. The second-order valence-corrected chi connectivity index (χ2v) is 5.54. The van der Waals surface area contributed by atoms with Gasteiger partial charge in [-0.25, -0.2) is 0 Å². The zero-order valence-corrected chi connectivity index (χ0v) is 13.2. The van der Waals surface area contributed by atoms with Crippen LogP contribution >= 0.6 is 0 Å². The third-order valence-corrected chi connectivity index (χ3v) is 3.55. The Bertz CT molecular complexity index is 686. The molecule has 0 unspecified atom stereocenters. The van der Waals surface area contributed by atoms with E-state index in [9.17, 15) is 14.9 Å². The van der Waals surface area contributed by atoms with Crippen LogP contribution in [0, 0.1) is 10.1 Å². The topological polar surface area (TPSA) is 76.3 Å². The zero-order chi connectivity index (χ0) is 16.8. The fourth-order valence-electron chi connectivity index (χ4n) is 2.35. The van der Waals surface area contributed by atoms with E-state index in [1.54, 1.807) is 35.5 Å². The highest BCUT2D eigenvalue weighted by atomic mass is 16.6. The summed E-state index contributed by atoms with van der Waals surface area (Å²) in [4.78, 5) is 29.0. The average Bonchev–Trinajstić information content (AvgIpc) is 2.53. The van der Waals surface area contributed by atoms with Crippen molar-refractivity contribution in [3.05, 3.63) is 70.0 Å². The second kappa shape index (κ2) is 7.49. The van der Waals surface area contributed by atoms with E-state index in [0.717, 1.165) is 5.56 Å². The highest BCUT2D eigenvalue weighted by Crippen LogP contribution is 2.20. The van der Waals surface area contributed by atoms with Gasteiger partial charge in [0.1, 0.15) is 0 Å². The number of carbonyl (C=O) groups is 1. The van der Waals surface area contributed by atoms with Gasteiger partial charge in [-0.15, -0.1) is 0 Å². The number of para-hydroxylation sites is 1. The van der Waals surface area contributed by atoms with Crippen LogP contribution < -0.4 is 0 Å². The van der Waals surface area contributed by atoms with Gasteiger partial charge in [-0.3, -0.25) is 19.9 Å². The van der Waals surface area contributed by atoms with E-state index in [1.807, 2.05) is 26.0 Å². The molecule has 1 heterocycles. The molecule has 2 aromatic rings. The van der Waals surface area contributed by atoms with Crippen LogP contribution in [0.15, 0.2) is 48.8 Å². The Morgan fingerprint density at radius 1 is 1.26 bits per heavy atom. The summed E-state index contributed by atoms with van der Waals surface area (Å²) in [6.45, 7) is 4.28. The molecule has 0 radical (unpaired) electrons. The maximum atomic E-state index is 12.6. The van der Waals surface area contributed by atoms with Gasteiger partial charge < -0.3 is 4.90 Å². The lowest BCUT2D eigenvalue weighted by Gasteiger charge is -2.27.